The lowest BCUT2D eigenvalue weighted by Crippen LogP contribution is -2.31. The summed E-state index contributed by atoms with van der Waals surface area (Å²) in [5, 5.41) is 3.71. The fourth-order valence-corrected chi connectivity index (χ4v) is 4.24. The maximum absolute atomic E-state index is 4.98. The van der Waals surface area contributed by atoms with Crippen LogP contribution in [0.2, 0.25) is 0 Å². The molecular formula is C22H31N5. The zero-order valence-corrected chi connectivity index (χ0v) is 16.8. The van der Waals surface area contributed by atoms with E-state index in [0.717, 1.165) is 38.5 Å². The van der Waals surface area contributed by atoms with Gasteiger partial charge in [0.05, 0.1) is 6.04 Å². The predicted molar refractivity (Wildman–Crippen MR) is 114 cm³/mol. The summed E-state index contributed by atoms with van der Waals surface area (Å²) < 4.78 is 0. The second kappa shape index (κ2) is 7.93. The number of nitrogens with one attached hydrogen (secondary N) is 1. The molecule has 0 aromatic rings. The Hall–Kier alpha value is -2.01. The molecule has 27 heavy (non-hydrogen) atoms. The molecule has 0 aromatic heterocycles. The molecule has 1 N–H and O–H groups in total. The molecular weight excluding hydrogens is 334 g/mol. The van der Waals surface area contributed by atoms with Gasteiger partial charge in [-0.2, -0.15) is 0 Å². The van der Waals surface area contributed by atoms with Gasteiger partial charge in [-0.25, -0.2) is 0 Å². The first-order valence-corrected chi connectivity index (χ1v) is 10.3. The van der Waals surface area contributed by atoms with Crippen LogP contribution in [0.3, 0.4) is 0 Å². The van der Waals surface area contributed by atoms with Crippen molar-refractivity contribution in [2.45, 2.75) is 63.5 Å². The van der Waals surface area contributed by atoms with Crippen LogP contribution in [-0.4, -0.2) is 55.3 Å². The van der Waals surface area contributed by atoms with E-state index in [1.807, 2.05) is 26.0 Å². The Morgan fingerprint density at radius 1 is 0.778 bits per heavy atom. The van der Waals surface area contributed by atoms with Crippen LogP contribution in [0, 0.1) is 0 Å². The van der Waals surface area contributed by atoms with E-state index in [2.05, 4.69) is 23.5 Å². The number of hydrogen-bond donors (Lipinski definition) is 1. The van der Waals surface area contributed by atoms with Gasteiger partial charge < -0.3 is 10.2 Å². The van der Waals surface area contributed by atoms with Gasteiger partial charge in [0.15, 0.2) is 0 Å². The average molecular weight is 366 g/mol. The number of rotatable bonds is 0. The number of nitrogens with zero attached hydrogens (tertiary/aromatic N) is 4. The molecule has 144 valence electrons. The molecule has 5 nitrogen and oxygen atoms in total. The Kier molecular flexibility index (Phi) is 5.39. The summed E-state index contributed by atoms with van der Waals surface area (Å²) in [7, 11) is 6.00. The Balaban J connectivity index is 0.000000413. The van der Waals surface area contributed by atoms with E-state index < -0.39 is 0 Å². The molecule has 5 heterocycles. The minimum atomic E-state index is 0.432. The maximum Gasteiger partial charge on any atom is 0.0707 e. The van der Waals surface area contributed by atoms with Crippen molar-refractivity contribution in [3.05, 3.63) is 35.3 Å². The second-order valence-corrected chi connectivity index (χ2v) is 8.50. The van der Waals surface area contributed by atoms with E-state index in [-0.39, 0.29) is 0 Å². The van der Waals surface area contributed by atoms with Gasteiger partial charge in [-0.05, 0) is 90.7 Å². The highest BCUT2D eigenvalue weighted by Crippen LogP contribution is 2.29. The molecule has 0 saturated carbocycles. The van der Waals surface area contributed by atoms with Gasteiger partial charge in [0.2, 0.25) is 0 Å². The van der Waals surface area contributed by atoms with Gasteiger partial charge in [0, 0.05) is 40.3 Å². The van der Waals surface area contributed by atoms with Crippen LogP contribution < -0.4 is 5.32 Å². The maximum atomic E-state index is 4.98. The van der Waals surface area contributed by atoms with Crippen molar-refractivity contribution in [2.24, 2.45) is 15.0 Å². The third-order valence-corrected chi connectivity index (χ3v) is 5.44. The number of fused-ring (bicyclic) bond motifs is 6. The van der Waals surface area contributed by atoms with E-state index in [1.165, 1.54) is 47.1 Å². The van der Waals surface area contributed by atoms with Gasteiger partial charge >= 0.3 is 0 Å². The molecule has 1 saturated heterocycles. The summed E-state index contributed by atoms with van der Waals surface area (Å²) in [4.78, 5) is 16.6. The topological polar surface area (TPSA) is 52.4 Å². The molecule has 5 aliphatic rings. The predicted octanol–water partition coefficient (Wildman–Crippen LogP) is 3.65. The summed E-state index contributed by atoms with van der Waals surface area (Å²) in [6.45, 7) is 0. The van der Waals surface area contributed by atoms with E-state index >= 15 is 0 Å². The van der Waals surface area contributed by atoms with E-state index in [9.17, 15) is 0 Å². The Morgan fingerprint density at radius 2 is 1.41 bits per heavy atom. The minimum Gasteiger partial charge on any atom is -0.383 e. The summed E-state index contributed by atoms with van der Waals surface area (Å²) in [5.74, 6) is 0. The zero-order valence-electron chi connectivity index (χ0n) is 16.8. The SMILES string of the molecule is C1=C2/CCC(=N2)/C=C2/CCC(N2)C2CCC(=N2)/C=C2/CCC/1=N2.CN(C)C. The molecule has 2 unspecified atom stereocenters. The van der Waals surface area contributed by atoms with E-state index in [0.29, 0.717) is 12.1 Å². The summed E-state index contributed by atoms with van der Waals surface area (Å²) in [5.41, 5.74) is 7.41. The molecule has 2 atom stereocenters. The summed E-state index contributed by atoms with van der Waals surface area (Å²) in [6.07, 6.45) is 15.5. The zero-order chi connectivity index (χ0) is 18.8. The molecule has 0 spiro atoms. The number of allylic oxidation sites excluding steroid dienone is 6. The monoisotopic (exact) mass is 365 g/mol. The molecule has 5 aliphatic heterocycles. The number of aliphatic imine (C=N–C) groups is 3. The third-order valence-electron chi connectivity index (χ3n) is 5.44. The first-order chi connectivity index (χ1) is 13.0. The van der Waals surface area contributed by atoms with Crippen LogP contribution in [0.25, 0.3) is 0 Å². The van der Waals surface area contributed by atoms with Crippen molar-refractivity contribution in [3.63, 3.8) is 0 Å². The van der Waals surface area contributed by atoms with Crippen molar-refractivity contribution in [1.29, 1.82) is 0 Å². The van der Waals surface area contributed by atoms with Crippen LogP contribution in [0.1, 0.15) is 51.4 Å². The average Bonchev–Trinajstić information content (AvgIpc) is 3.36. The number of hydrogen-bond acceptors (Lipinski definition) is 5. The molecule has 0 radical (unpaired) electrons. The van der Waals surface area contributed by atoms with E-state index in [4.69, 9.17) is 15.0 Å². The summed E-state index contributed by atoms with van der Waals surface area (Å²) in [6, 6.07) is 0.934. The molecule has 5 rings (SSSR count). The normalized spacial score (nSPS) is 34.4. The first kappa shape index (κ1) is 18.4. The lowest BCUT2D eigenvalue weighted by molar-refractivity contribution is 0.492. The molecule has 5 heteroatoms. The smallest absolute Gasteiger partial charge is 0.0707 e. The lowest BCUT2D eigenvalue weighted by Gasteiger charge is -2.16. The fourth-order valence-electron chi connectivity index (χ4n) is 4.24. The Labute approximate surface area is 162 Å². The lowest BCUT2D eigenvalue weighted by atomic mass is 10.0. The highest BCUT2D eigenvalue weighted by Gasteiger charge is 2.30. The molecule has 1 fully saturated rings. The first-order valence-electron chi connectivity index (χ1n) is 10.3. The standard InChI is InChI=1S/C19H22N4.C3H9N/c1-3-14-10-16-5-7-18(22-16)19-8-6-17(23-19)11-15-4-2-13(21-15)9-12(1)20-14;1-4(2)3/h9-11,18-19,22H,1-8H2;1-3H3/b12-9-,15-11-,16-10-;. The highest BCUT2D eigenvalue weighted by atomic mass is 15.0. The van der Waals surface area contributed by atoms with Crippen molar-refractivity contribution in [1.82, 2.24) is 10.2 Å². The highest BCUT2D eigenvalue weighted by molar-refractivity contribution is 6.03. The molecule has 0 amide bonds. The van der Waals surface area contributed by atoms with Crippen LogP contribution in [0.5, 0.6) is 0 Å². The van der Waals surface area contributed by atoms with Crippen molar-refractivity contribution in [2.75, 3.05) is 21.1 Å². The van der Waals surface area contributed by atoms with Crippen LogP contribution in [0.15, 0.2) is 50.3 Å². The van der Waals surface area contributed by atoms with Gasteiger partial charge in [-0.3, -0.25) is 15.0 Å². The van der Waals surface area contributed by atoms with Crippen LogP contribution >= 0.6 is 0 Å². The van der Waals surface area contributed by atoms with Crippen molar-refractivity contribution >= 4 is 17.1 Å². The van der Waals surface area contributed by atoms with Gasteiger partial charge in [0.1, 0.15) is 0 Å². The van der Waals surface area contributed by atoms with Crippen LogP contribution in [-0.2, 0) is 0 Å². The molecule has 0 aromatic carbocycles. The van der Waals surface area contributed by atoms with Gasteiger partial charge in [-0.1, -0.05) is 0 Å². The molecule has 0 aliphatic carbocycles. The second-order valence-electron chi connectivity index (χ2n) is 8.50. The van der Waals surface area contributed by atoms with Crippen LogP contribution in [0.4, 0.5) is 0 Å². The minimum absolute atomic E-state index is 0.432. The van der Waals surface area contributed by atoms with Crippen molar-refractivity contribution < 1.29 is 0 Å². The van der Waals surface area contributed by atoms with Gasteiger partial charge in [-0.15, -0.1) is 0 Å². The van der Waals surface area contributed by atoms with E-state index in [1.54, 1.807) is 0 Å². The molecule has 8 bridgehead atoms. The van der Waals surface area contributed by atoms with Gasteiger partial charge in [0.25, 0.3) is 0 Å². The van der Waals surface area contributed by atoms with Crippen molar-refractivity contribution in [3.8, 4) is 0 Å². The largest absolute Gasteiger partial charge is 0.383 e. The Bertz CT molecular complexity index is 776. The third kappa shape index (κ3) is 4.64. The quantitative estimate of drug-likeness (QED) is 0.712. The summed E-state index contributed by atoms with van der Waals surface area (Å²) >= 11 is 0. The fraction of sp³-hybridized carbons (Fsp3) is 0.591. The Morgan fingerprint density at radius 3 is 2.11 bits per heavy atom.